The van der Waals surface area contributed by atoms with Crippen molar-refractivity contribution in [3.63, 3.8) is 0 Å². The molecule has 1 aromatic heterocycles. The number of aromatic nitrogens is 1. The van der Waals surface area contributed by atoms with Gasteiger partial charge in [-0.3, -0.25) is 0 Å². The first-order chi connectivity index (χ1) is 7.25. The van der Waals surface area contributed by atoms with Crippen LogP contribution >= 0.6 is 38.9 Å². The lowest BCUT2D eigenvalue weighted by Gasteiger charge is -2.04. The standard InChI is InChI=1S/C10H7BrClNOS/c11-8-4-2-1-3-7(8)5-14-10-13-9(12)6-15-10/h1-4,6H,5H2. The second-order valence-electron chi connectivity index (χ2n) is 2.82. The summed E-state index contributed by atoms with van der Waals surface area (Å²) < 4.78 is 6.52. The Morgan fingerprint density at radius 3 is 2.87 bits per heavy atom. The van der Waals surface area contributed by atoms with Gasteiger partial charge in [-0.05, 0) is 6.07 Å². The highest BCUT2D eigenvalue weighted by molar-refractivity contribution is 9.10. The molecule has 15 heavy (non-hydrogen) atoms. The molecule has 0 radical (unpaired) electrons. The average molecular weight is 305 g/mol. The van der Waals surface area contributed by atoms with E-state index in [2.05, 4.69) is 20.9 Å². The number of hydrogen-bond donors (Lipinski definition) is 0. The van der Waals surface area contributed by atoms with E-state index in [0.29, 0.717) is 17.0 Å². The summed E-state index contributed by atoms with van der Waals surface area (Å²) in [5.74, 6) is 0. The molecule has 0 atom stereocenters. The van der Waals surface area contributed by atoms with E-state index in [4.69, 9.17) is 16.3 Å². The minimum absolute atomic E-state index is 0.474. The molecule has 0 aliphatic carbocycles. The molecule has 5 heteroatoms. The van der Waals surface area contributed by atoms with Crippen LogP contribution in [0.25, 0.3) is 0 Å². The van der Waals surface area contributed by atoms with Gasteiger partial charge in [0, 0.05) is 15.4 Å². The van der Waals surface area contributed by atoms with Crippen LogP contribution in [0.3, 0.4) is 0 Å². The molecule has 2 aromatic rings. The fraction of sp³-hybridized carbons (Fsp3) is 0.100. The molecule has 1 aromatic carbocycles. The van der Waals surface area contributed by atoms with E-state index >= 15 is 0 Å². The van der Waals surface area contributed by atoms with Crippen LogP contribution < -0.4 is 4.74 Å². The van der Waals surface area contributed by atoms with Crippen LogP contribution in [0.5, 0.6) is 5.19 Å². The Bertz CT molecular complexity index is 460. The largest absolute Gasteiger partial charge is 0.465 e. The van der Waals surface area contributed by atoms with Gasteiger partial charge < -0.3 is 4.74 Å². The summed E-state index contributed by atoms with van der Waals surface area (Å²) in [6, 6.07) is 7.92. The van der Waals surface area contributed by atoms with Gasteiger partial charge >= 0.3 is 0 Å². The van der Waals surface area contributed by atoms with Gasteiger partial charge in [0.25, 0.3) is 5.19 Å². The van der Waals surface area contributed by atoms with E-state index in [9.17, 15) is 0 Å². The minimum Gasteiger partial charge on any atom is -0.465 e. The Morgan fingerprint density at radius 2 is 2.20 bits per heavy atom. The summed E-state index contributed by atoms with van der Waals surface area (Å²) in [7, 11) is 0. The maximum Gasteiger partial charge on any atom is 0.274 e. The lowest BCUT2D eigenvalue weighted by Crippen LogP contribution is -1.95. The third kappa shape index (κ3) is 2.93. The van der Waals surface area contributed by atoms with Crippen molar-refractivity contribution in [1.82, 2.24) is 4.98 Å². The van der Waals surface area contributed by atoms with Crippen LogP contribution in [0.4, 0.5) is 0 Å². The monoisotopic (exact) mass is 303 g/mol. The highest BCUT2D eigenvalue weighted by Crippen LogP contribution is 2.23. The van der Waals surface area contributed by atoms with Gasteiger partial charge in [-0.25, -0.2) is 0 Å². The Balaban J connectivity index is 2.02. The molecule has 0 spiro atoms. The van der Waals surface area contributed by atoms with Crippen molar-refractivity contribution in [2.24, 2.45) is 0 Å². The summed E-state index contributed by atoms with van der Waals surface area (Å²) in [6.45, 7) is 0.491. The second kappa shape index (κ2) is 4.96. The quantitative estimate of drug-likeness (QED) is 0.850. The van der Waals surface area contributed by atoms with Crippen molar-refractivity contribution in [1.29, 1.82) is 0 Å². The molecule has 0 fully saturated rings. The summed E-state index contributed by atoms with van der Waals surface area (Å²) in [6.07, 6.45) is 0. The molecule has 78 valence electrons. The second-order valence-corrected chi connectivity index (χ2v) is 4.88. The van der Waals surface area contributed by atoms with Crippen LogP contribution in [0.2, 0.25) is 5.15 Å². The summed E-state index contributed by atoms with van der Waals surface area (Å²) >= 11 is 10.5. The lowest BCUT2D eigenvalue weighted by molar-refractivity contribution is 0.304. The molecular formula is C10H7BrClNOS. The van der Waals surface area contributed by atoms with Gasteiger partial charge in [0.1, 0.15) is 11.8 Å². The van der Waals surface area contributed by atoms with E-state index in [-0.39, 0.29) is 0 Å². The van der Waals surface area contributed by atoms with Gasteiger partial charge in [0.15, 0.2) is 0 Å². The van der Waals surface area contributed by atoms with Crippen molar-refractivity contribution in [2.45, 2.75) is 6.61 Å². The highest BCUT2D eigenvalue weighted by atomic mass is 79.9. The van der Waals surface area contributed by atoms with E-state index in [1.807, 2.05) is 24.3 Å². The lowest BCUT2D eigenvalue weighted by atomic mass is 10.2. The maximum absolute atomic E-state index is 5.68. The molecule has 2 rings (SSSR count). The first-order valence-electron chi connectivity index (χ1n) is 4.23. The summed E-state index contributed by atoms with van der Waals surface area (Å²) in [5.41, 5.74) is 1.09. The third-order valence-corrected chi connectivity index (χ3v) is 3.61. The van der Waals surface area contributed by atoms with Crippen molar-refractivity contribution in [2.75, 3.05) is 0 Å². The Labute approximate surface area is 105 Å². The number of benzene rings is 1. The van der Waals surface area contributed by atoms with Gasteiger partial charge in [0.2, 0.25) is 0 Å². The van der Waals surface area contributed by atoms with Crippen LogP contribution in [0.15, 0.2) is 34.1 Å². The fourth-order valence-corrected chi connectivity index (χ4v) is 2.25. The predicted molar refractivity (Wildman–Crippen MR) is 65.6 cm³/mol. The molecule has 0 N–H and O–H groups in total. The van der Waals surface area contributed by atoms with Crippen molar-refractivity contribution >= 4 is 38.9 Å². The number of nitrogens with zero attached hydrogens (tertiary/aromatic N) is 1. The molecule has 0 saturated heterocycles. The van der Waals surface area contributed by atoms with E-state index < -0.39 is 0 Å². The average Bonchev–Trinajstić information content (AvgIpc) is 2.63. The predicted octanol–water partition coefficient (Wildman–Crippen LogP) is 4.14. The first kappa shape index (κ1) is 10.9. The normalized spacial score (nSPS) is 10.3. The maximum atomic E-state index is 5.68. The van der Waals surface area contributed by atoms with E-state index in [1.165, 1.54) is 11.3 Å². The number of ether oxygens (including phenoxy) is 1. The molecule has 2 nitrogen and oxygen atoms in total. The number of thiazole rings is 1. The summed E-state index contributed by atoms with van der Waals surface area (Å²) in [5, 5.41) is 2.81. The van der Waals surface area contributed by atoms with Crippen LogP contribution in [-0.4, -0.2) is 4.98 Å². The van der Waals surface area contributed by atoms with E-state index in [0.717, 1.165) is 10.0 Å². The van der Waals surface area contributed by atoms with Crippen LogP contribution in [0.1, 0.15) is 5.56 Å². The Hall–Kier alpha value is -0.580. The SMILES string of the molecule is Clc1csc(OCc2ccccc2Br)n1. The van der Waals surface area contributed by atoms with Gasteiger partial charge in [-0.15, -0.1) is 0 Å². The van der Waals surface area contributed by atoms with Crippen LogP contribution in [0, 0.1) is 0 Å². The molecule has 0 amide bonds. The molecular weight excluding hydrogens is 298 g/mol. The minimum atomic E-state index is 0.474. The number of rotatable bonds is 3. The third-order valence-electron chi connectivity index (χ3n) is 1.76. The zero-order chi connectivity index (χ0) is 10.7. The molecule has 0 saturated carbocycles. The topological polar surface area (TPSA) is 22.1 Å². The zero-order valence-electron chi connectivity index (χ0n) is 7.61. The van der Waals surface area contributed by atoms with Gasteiger partial charge in [0.05, 0.1) is 0 Å². The van der Waals surface area contributed by atoms with Crippen molar-refractivity contribution in [3.05, 3.63) is 44.8 Å². The van der Waals surface area contributed by atoms with Gasteiger partial charge in [-0.2, -0.15) is 4.98 Å². The molecule has 0 aliphatic heterocycles. The number of halogens is 2. The fourth-order valence-electron chi connectivity index (χ4n) is 1.06. The van der Waals surface area contributed by atoms with Crippen molar-refractivity contribution in [3.8, 4) is 5.19 Å². The Morgan fingerprint density at radius 1 is 1.40 bits per heavy atom. The highest BCUT2D eigenvalue weighted by Gasteiger charge is 2.03. The Kier molecular flexibility index (Phi) is 3.61. The zero-order valence-corrected chi connectivity index (χ0v) is 10.8. The smallest absolute Gasteiger partial charge is 0.274 e. The molecule has 0 bridgehead atoms. The first-order valence-corrected chi connectivity index (χ1v) is 6.28. The number of hydrogen-bond acceptors (Lipinski definition) is 3. The molecule has 0 unspecified atom stereocenters. The van der Waals surface area contributed by atoms with Crippen molar-refractivity contribution < 1.29 is 4.74 Å². The summed E-state index contributed by atoms with van der Waals surface area (Å²) in [4.78, 5) is 4.00. The van der Waals surface area contributed by atoms with E-state index in [1.54, 1.807) is 5.38 Å². The molecule has 1 heterocycles. The molecule has 0 aliphatic rings. The van der Waals surface area contributed by atoms with Crippen LogP contribution in [-0.2, 0) is 6.61 Å². The van der Waals surface area contributed by atoms with Gasteiger partial charge in [-0.1, -0.05) is 57.1 Å².